The van der Waals surface area contributed by atoms with Crippen molar-refractivity contribution in [3.05, 3.63) is 52.8 Å². The summed E-state index contributed by atoms with van der Waals surface area (Å²) in [6, 6.07) is 5.89. The van der Waals surface area contributed by atoms with E-state index in [0.717, 1.165) is 18.6 Å². The molecule has 2 aromatic heterocycles. The number of hydrogen-bond donors (Lipinski definition) is 0. The van der Waals surface area contributed by atoms with Gasteiger partial charge in [-0.25, -0.2) is 4.39 Å². The van der Waals surface area contributed by atoms with E-state index in [-0.39, 0.29) is 17.0 Å². The molecule has 5 nitrogen and oxygen atoms in total. The minimum Gasteiger partial charge on any atom is -0.279 e. The minimum absolute atomic E-state index is 0.241. The first-order chi connectivity index (χ1) is 10.7. The molecule has 3 aromatic rings. The van der Waals surface area contributed by atoms with Crippen LogP contribution in [0.2, 0.25) is 0 Å². The lowest BCUT2D eigenvalue weighted by atomic mass is 10.3. The zero-order chi connectivity index (χ0) is 15.5. The number of benzene rings is 1. The molecule has 114 valence electrons. The summed E-state index contributed by atoms with van der Waals surface area (Å²) in [6.07, 6.45) is 5.53. The van der Waals surface area contributed by atoms with Gasteiger partial charge in [-0.3, -0.25) is 13.8 Å². The molecule has 22 heavy (non-hydrogen) atoms. The zero-order valence-electron chi connectivity index (χ0n) is 12.1. The van der Waals surface area contributed by atoms with Gasteiger partial charge < -0.3 is 0 Å². The molecule has 0 aliphatic carbocycles. The summed E-state index contributed by atoms with van der Waals surface area (Å²) in [7, 11) is 0. The maximum Gasteiger partial charge on any atom is 0.300 e. The van der Waals surface area contributed by atoms with Crippen LogP contribution < -0.4 is 5.56 Å². The fourth-order valence-electron chi connectivity index (χ4n) is 2.10. The van der Waals surface area contributed by atoms with Crippen molar-refractivity contribution < 1.29 is 4.39 Å². The Kier molecular flexibility index (Phi) is 4.24. The monoisotopic (exact) mass is 318 g/mol. The van der Waals surface area contributed by atoms with Crippen molar-refractivity contribution in [1.29, 1.82) is 0 Å². The predicted octanol–water partition coefficient (Wildman–Crippen LogP) is 2.91. The second-order valence-electron chi connectivity index (χ2n) is 4.83. The molecule has 0 fully saturated rings. The van der Waals surface area contributed by atoms with Crippen LogP contribution in [0.15, 0.2) is 46.6 Å². The first-order valence-corrected chi connectivity index (χ1v) is 8.04. The smallest absolute Gasteiger partial charge is 0.279 e. The van der Waals surface area contributed by atoms with E-state index in [9.17, 15) is 9.18 Å². The van der Waals surface area contributed by atoms with Crippen LogP contribution in [0.25, 0.3) is 11.3 Å². The molecule has 1 aromatic carbocycles. The van der Waals surface area contributed by atoms with Crippen molar-refractivity contribution in [1.82, 2.24) is 19.2 Å². The average molecular weight is 318 g/mol. The largest absolute Gasteiger partial charge is 0.300 e. The molecule has 0 aliphatic heterocycles. The summed E-state index contributed by atoms with van der Waals surface area (Å²) in [5, 5.41) is 8.74. The van der Waals surface area contributed by atoms with Gasteiger partial charge in [-0.05, 0) is 24.6 Å². The Morgan fingerprint density at radius 1 is 1.27 bits per heavy atom. The second kappa shape index (κ2) is 6.31. The Bertz CT molecular complexity index is 858. The normalized spacial score (nSPS) is 11.2. The lowest BCUT2D eigenvalue weighted by Gasteiger charge is -2.06. The quantitative estimate of drug-likeness (QED) is 0.536. The Morgan fingerprint density at radius 2 is 2.14 bits per heavy atom. The topological polar surface area (TPSA) is 52.2 Å². The summed E-state index contributed by atoms with van der Waals surface area (Å²) in [6.45, 7) is 2.13. The summed E-state index contributed by atoms with van der Waals surface area (Å²) >= 11 is 1.58. The van der Waals surface area contributed by atoms with Crippen LogP contribution in [0, 0.1) is 5.82 Å². The molecule has 7 heteroatoms. The number of nitrogens with zero attached hydrogens (tertiary/aromatic N) is 4. The van der Waals surface area contributed by atoms with E-state index in [0.29, 0.717) is 10.8 Å². The van der Waals surface area contributed by atoms with Crippen molar-refractivity contribution >= 4 is 17.4 Å². The lowest BCUT2D eigenvalue weighted by molar-refractivity contribution is 0.626. The third-order valence-electron chi connectivity index (χ3n) is 3.25. The Labute approximate surface area is 130 Å². The molecule has 0 amide bonds. The van der Waals surface area contributed by atoms with Gasteiger partial charge in [-0.1, -0.05) is 31.2 Å². The van der Waals surface area contributed by atoms with E-state index >= 15 is 0 Å². The highest BCUT2D eigenvalue weighted by molar-refractivity contribution is 7.99. The molecule has 0 spiro atoms. The van der Waals surface area contributed by atoms with Crippen LogP contribution in [-0.2, 0) is 0 Å². The van der Waals surface area contributed by atoms with Crippen LogP contribution in [0.4, 0.5) is 4.39 Å². The standard InChI is InChI=1S/C15H15FN4OS/c1-2-3-9-22-15-18-17-13-14(21)19(7-8-20(13)15)12-6-4-5-11(16)10-12/h4-8,10H,2-3,9H2,1H3. The molecule has 0 bridgehead atoms. The molecule has 0 aliphatic rings. The number of hydrogen-bond acceptors (Lipinski definition) is 4. The first-order valence-electron chi connectivity index (χ1n) is 7.06. The number of fused-ring (bicyclic) bond motifs is 1. The van der Waals surface area contributed by atoms with E-state index in [1.807, 2.05) is 0 Å². The van der Waals surface area contributed by atoms with Crippen LogP contribution >= 0.6 is 11.8 Å². The Morgan fingerprint density at radius 3 is 2.91 bits per heavy atom. The molecule has 0 N–H and O–H groups in total. The van der Waals surface area contributed by atoms with Gasteiger partial charge in [0, 0.05) is 18.1 Å². The summed E-state index contributed by atoms with van der Waals surface area (Å²) in [5.41, 5.74) is 0.393. The molecule has 3 rings (SSSR count). The molecule has 0 unspecified atom stereocenters. The van der Waals surface area contributed by atoms with Gasteiger partial charge >= 0.3 is 5.56 Å². The average Bonchev–Trinajstić information content (AvgIpc) is 2.92. The maximum atomic E-state index is 13.3. The maximum absolute atomic E-state index is 13.3. The number of unbranched alkanes of at least 4 members (excludes halogenated alkanes) is 1. The SMILES string of the molecule is CCCCSc1nnc2c(=O)n(-c3cccc(F)c3)ccn12. The van der Waals surface area contributed by atoms with Crippen LogP contribution in [-0.4, -0.2) is 24.9 Å². The third kappa shape index (κ3) is 2.76. The first kappa shape index (κ1) is 14.8. The number of thioether (sulfide) groups is 1. The minimum atomic E-state index is -0.387. The van der Waals surface area contributed by atoms with E-state index in [1.165, 1.54) is 16.7 Å². The van der Waals surface area contributed by atoms with Gasteiger partial charge in [-0.2, -0.15) is 0 Å². The number of halogens is 1. The molecule has 0 radical (unpaired) electrons. The van der Waals surface area contributed by atoms with Crippen LogP contribution in [0.3, 0.4) is 0 Å². The second-order valence-corrected chi connectivity index (χ2v) is 5.89. The van der Waals surface area contributed by atoms with Crippen molar-refractivity contribution in [2.45, 2.75) is 24.9 Å². The molecule has 0 saturated carbocycles. The van der Waals surface area contributed by atoms with E-state index in [2.05, 4.69) is 17.1 Å². The van der Waals surface area contributed by atoms with E-state index in [1.54, 1.807) is 40.7 Å². The zero-order valence-corrected chi connectivity index (χ0v) is 12.9. The van der Waals surface area contributed by atoms with Gasteiger partial charge in [-0.15, -0.1) is 10.2 Å². The summed E-state index contributed by atoms with van der Waals surface area (Å²) < 4.78 is 16.4. The highest BCUT2D eigenvalue weighted by Gasteiger charge is 2.11. The van der Waals surface area contributed by atoms with Gasteiger partial charge in [0.05, 0.1) is 5.69 Å². The Balaban J connectivity index is 2.02. The van der Waals surface area contributed by atoms with Gasteiger partial charge in [0.1, 0.15) is 5.82 Å². The molecular formula is C15H15FN4OS. The van der Waals surface area contributed by atoms with E-state index in [4.69, 9.17) is 0 Å². The van der Waals surface area contributed by atoms with Gasteiger partial charge in [0.2, 0.25) is 5.65 Å². The molecular weight excluding hydrogens is 303 g/mol. The van der Waals surface area contributed by atoms with Crippen LogP contribution in [0.5, 0.6) is 0 Å². The molecule has 0 atom stereocenters. The summed E-state index contributed by atoms with van der Waals surface area (Å²) in [4.78, 5) is 12.5. The third-order valence-corrected chi connectivity index (χ3v) is 4.28. The Hall–Kier alpha value is -2.15. The highest BCUT2D eigenvalue weighted by Crippen LogP contribution is 2.17. The van der Waals surface area contributed by atoms with Crippen molar-refractivity contribution in [2.24, 2.45) is 0 Å². The van der Waals surface area contributed by atoms with Crippen LogP contribution in [0.1, 0.15) is 19.8 Å². The summed E-state index contributed by atoms with van der Waals surface area (Å²) in [5.74, 6) is 0.547. The number of aromatic nitrogens is 4. The van der Waals surface area contributed by atoms with Gasteiger partial charge in [0.25, 0.3) is 0 Å². The van der Waals surface area contributed by atoms with Crippen molar-refractivity contribution in [3.8, 4) is 5.69 Å². The fourth-order valence-corrected chi connectivity index (χ4v) is 3.10. The molecule has 2 heterocycles. The van der Waals surface area contributed by atoms with Crippen molar-refractivity contribution in [2.75, 3.05) is 5.75 Å². The number of rotatable bonds is 5. The lowest BCUT2D eigenvalue weighted by Crippen LogP contribution is -2.20. The van der Waals surface area contributed by atoms with Crippen molar-refractivity contribution in [3.63, 3.8) is 0 Å². The predicted molar refractivity (Wildman–Crippen MR) is 84.2 cm³/mol. The van der Waals surface area contributed by atoms with Gasteiger partial charge in [0.15, 0.2) is 5.16 Å². The highest BCUT2D eigenvalue weighted by atomic mass is 32.2. The fraction of sp³-hybridized carbons (Fsp3) is 0.267. The molecule has 0 saturated heterocycles. The van der Waals surface area contributed by atoms with E-state index < -0.39 is 0 Å².